The molecule has 0 amide bonds. The maximum atomic E-state index is 10.3. The number of aliphatic hydroxyl groups excluding tert-OH is 1. The molecular weight excluding hydrogens is 146 g/mol. The summed E-state index contributed by atoms with van der Waals surface area (Å²) in [5.41, 5.74) is 4.71. The van der Waals surface area contributed by atoms with Gasteiger partial charge in [0.1, 0.15) is 6.04 Å². The molecule has 0 aromatic rings. The zero-order valence-electron chi connectivity index (χ0n) is 7.03. The largest absolute Gasteiger partial charge is 0.480 e. The van der Waals surface area contributed by atoms with Gasteiger partial charge in [0.2, 0.25) is 0 Å². The van der Waals surface area contributed by atoms with Crippen LogP contribution in [0.5, 0.6) is 0 Å². The molecule has 0 aliphatic carbocycles. The Morgan fingerprint density at radius 1 is 1.45 bits per heavy atom. The van der Waals surface area contributed by atoms with E-state index in [1.807, 2.05) is 0 Å². The highest BCUT2D eigenvalue weighted by Crippen LogP contribution is 2.20. The fourth-order valence-electron chi connectivity index (χ4n) is 0.674. The lowest BCUT2D eigenvalue weighted by atomic mass is 9.85. The molecule has 66 valence electrons. The number of rotatable bonds is 2. The number of hydrogen-bond acceptors (Lipinski definition) is 3. The summed E-state index contributed by atoms with van der Waals surface area (Å²) in [6.07, 6.45) is -1.01. The van der Waals surface area contributed by atoms with Crippen molar-refractivity contribution in [3.05, 3.63) is 0 Å². The molecule has 0 aromatic heterocycles. The molecule has 0 aliphatic rings. The van der Waals surface area contributed by atoms with Gasteiger partial charge in [-0.25, -0.2) is 0 Å². The second kappa shape index (κ2) is 3.19. The summed E-state index contributed by atoms with van der Waals surface area (Å²) in [5, 5.41) is 17.7. The van der Waals surface area contributed by atoms with Crippen LogP contribution in [-0.4, -0.2) is 28.3 Å². The van der Waals surface area contributed by atoms with E-state index in [0.717, 1.165) is 0 Å². The normalized spacial score (nSPS) is 17.5. The highest BCUT2D eigenvalue weighted by molar-refractivity contribution is 5.74. The molecule has 0 saturated carbocycles. The van der Waals surface area contributed by atoms with Crippen molar-refractivity contribution in [2.24, 2.45) is 11.1 Å². The Balaban J connectivity index is 4.25. The van der Waals surface area contributed by atoms with E-state index < -0.39 is 23.5 Å². The monoisotopic (exact) mass is 161 g/mol. The van der Waals surface area contributed by atoms with Crippen molar-refractivity contribution < 1.29 is 15.0 Å². The van der Waals surface area contributed by atoms with Gasteiger partial charge in [-0.3, -0.25) is 4.79 Å². The molecule has 2 atom stereocenters. The molecule has 4 N–H and O–H groups in total. The van der Waals surface area contributed by atoms with Gasteiger partial charge in [0, 0.05) is 0 Å². The van der Waals surface area contributed by atoms with Crippen LogP contribution in [0.3, 0.4) is 0 Å². The third-order valence-corrected chi connectivity index (χ3v) is 1.51. The Morgan fingerprint density at radius 2 is 1.82 bits per heavy atom. The Kier molecular flexibility index (Phi) is 3.02. The van der Waals surface area contributed by atoms with Gasteiger partial charge in [0.05, 0.1) is 6.10 Å². The summed E-state index contributed by atoms with van der Waals surface area (Å²) < 4.78 is 0. The van der Waals surface area contributed by atoms with Crippen LogP contribution < -0.4 is 5.73 Å². The number of hydrogen-bond donors (Lipinski definition) is 3. The number of carboxylic acids is 1. The summed E-state index contributed by atoms with van der Waals surface area (Å²) >= 11 is 0. The molecule has 0 spiro atoms. The van der Waals surface area contributed by atoms with E-state index in [9.17, 15) is 9.90 Å². The summed E-state index contributed by atoms with van der Waals surface area (Å²) in [7, 11) is 0. The molecular formula is C7H15NO3. The Labute approximate surface area is 66.0 Å². The van der Waals surface area contributed by atoms with Gasteiger partial charge in [-0.15, -0.1) is 0 Å². The van der Waals surface area contributed by atoms with Crippen molar-refractivity contribution in [3.63, 3.8) is 0 Å². The van der Waals surface area contributed by atoms with E-state index >= 15 is 0 Å². The number of nitrogens with two attached hydrogens (primary N) is 1. The van der Waals surface area contributed by atoms with E-state index in [-0.39, 0.29) is 0 Å². The molecule has 0 saturated heterocycles. The van der Waals surface area contributed by atoms with Crippen molar-refractivity contribution in [1.29, 1.82) is 0 Å². The molecule has 0 aliphatic heterocycles. The summed E-state index contributed by atoms with van der Waals surface area (Å²) in [5.74, 6) is -1.17. The quantitative estimate of drug-likeness (QED) is 0.524. The third kappa shape index (κ3) is 2.86. The zero-order chi connectivity index (χ0) is 9.23. The molecule has 0 fully saturated rings. The standard InChI is InChI=1S/C7H15NO3/c1-7(2,3)5(9)4(8)6(10)11/h4-5,9H,8H2,1-3H3,(H,10,11)/t4-,5?/m0/s1. The third-order valence-electron chi connectivity index (χ3n) is 1.51. The molecule has 0 radical (unpaired) electrons. The molecule has 4 heteroatoms. The Hall–Kier alpha value is -0.610. The van der Waals surface area contributed by atoms with Crippen LogP contribution in [0.4, 0.5) is 0 Å². The fraction of sp³-hybridized carbons (Fsp3) is 0.857. The first kappa shape index (κ1) is 10.4. The van der Waals surface area contributed by atoms with Crippen molar-refractivity contribution >= 4 is 5.97 Å². The minimum absolute atomic E-state index is 0.488. The van der Waals surface area contributed by atoms with Gasteiger partial charge < -0.3 is 15.9 Å². The van der Waals surface area contributed by atoms with Crippen LogP contribution in [0, 0.1) is 5.41 Å². The van der Waals surface area contributed by atoms with E-state index in [1.54, 1.807) is 20.8 Å². The van der Waals surface area contributed by atoms with Crippen LogP contribution in [-0.2, 0) is 4.79 Å². The SMILES string of the molecule is CC(C)(C)C(O)[C@H](N)C(=O)O. The molecule has 0 bridgehead atoms. The molecule has 0 aromatic carbocycles. The van der Waals surface area contributed by atoms with E-state index in [4.69, 9.17) is 10.8 Å². The van der Waals surface area contributed by atoms with Gasteiger partial charge in [0.15, 0.2) is 0 Å². The van der Waals surface area contributed by atoms with Crippen LogP contribution in [0.15, 0.2) is 0 Å². The van der Waals surface area contributed by atoms with Gasteiger partial charge in [-0.05, 0) is 5.41 Å². The smallest absolute Gasteiger partial charge is 0.323 e. The lowest BCUT2D eigenvalue weighted by Crippen LogP contribution is -2.48. The van der Waals surface area contributed by atoms with Gasteiger partial charge >= 0.3 is 5.97 Å². The first-order valence-electron chi connectivity index (χ1n) is 3.43. The molecule has 0 rings (SSSR count). The van der Waals surface area contributed by atoms with E-state index in [0.29, 0.717) is 0 Å². The maximum absolute atomic E-state index is 10.3. The summed E-state index contributed by atoms with van der Waals surface area (Å²) in [4.78, 5) is 10.3. The highest BCUT2D eigenvalue weighted by atomic mass is 16.4. The van der Waals surface area contributed by atoms with Crippen LogP contribution in [0.2, 0.25) is 0 Å². The predicted molar refractivity (Wildman–Crippen MR) is 41.1 cm³/mol. The minimum atomic E-state index is -1.20. The van der Waals surface area contributed by atoms with Crippen molar-refractivity contribution in [1.82, 2.24) is 0 Å². The first-order chi connectivity index (χ1) is 4.76. The molecule has 0 heterocycles. The number of aliphatic hydroxyl groups is 1. The predicted octanol–water partition coefficient (Wildman–Crippen LogP) is -0.195. The second-order valence-corrected chi connectivity index (χ2v) is 3.67. The number of carboxylic acid groups (broad SMARTS) is 1. The van der Waals surface area contributed by atoms with Gasteiger partial charge in [-0.2, -0.15) is 0 Å². The average molecular weight is 161 g/mol. The lowest BCUT2D eigenvalue weighted by Gasteiger charge is -2.28. The van der Waals surface area contributed by atoms with Crippen molar-refractivity contribution in [2.45, 2.75) is 32.9 Å². The maximum Gasteiger partial charge on any atom is 0.323 e. The zero-order valence-corrected chi connectivity index (χ0v) is 7.03. The fourth-order valence-corrected chi connectivity index (χ4v) is 0.674. The van der Waals surface area contributed by atoms with Crippen molar-refractivity contribution in [2.75, 3.05) is 0 Å². The van der Waals surface area contributed by atoms with Crippen molar-refractivity contribution in [3.8, 4) is 0 Å². The topological polar surface area (TPSA) is 83.5 Å². The van der Waals surface area contributed by atoms with Crippen LogP contribution >= 0.6 is 0 Å². The highest BCUT2D eigenvalue weighted by Gasteiger charge is 2.32. The number of aliphatic carboxylic acids is 1. The average Bonchev–Trinajstić information content (AvgIpc) is 1.82. The van der Waals surface area contributed by atoms with E-state index in [2.05, 4.69) is 0 Å². The number of carbonyl (C=O) groups is 1. The van der Waals surface area contributed by atoms with Gasteiger partial charge in [0.25, 0.3) is 0 Å². The first-order valence-corrected chi connectivity index (χ1v) is 3.43. The minimum Gasteiger partial charge on any atom is -0.480 e. The van der Waals surface area contributed by atoms with E-state index in [1.165, 1.54) is 0 Å². The van der Waals surface area contributed by atoms with Crippen LogP contribution in [0.1, 0.15) is 20.8 Å². The second-order valence-electron chi connectivity index (χ2n) is 3.67. The molecule has 4 nitrogen and oxygen atoms in total. The summed E-state index contributed by atoms with van der Waals surface area (Å²) in [6, 6.07) is -1.20. The molecule has 1 unspecified atom stereocenters. The summed E-state index contributed by atoms with van der Waals surface area (Å²) in [6.45, 7) is 5.21. The Morgan fingerprint density at radius 3 is 1.91 bits per heavy atom. The van der Waals surface area contributed by atoms with Crippen LogP contribution in [0.25, 0.3) is 0 Å². The lowest BCUT2D eigenvalue weighted by molar-refractivity contribution is -0.143. The van der Waals surface area contributed by atoms with Gasteiger partial charge in [-0.1, -0.05) is 20.8 Å². The molecule has 11 heavy (non-hydrogen) atoms. The Bertz CT molecular complexity index is 150.